The van der Waals surface area contributed by atoms with Gasteiger partial charge in [0.25, 0.3) is 0 Å². The predicted molar refractivity (Wildman–Crippen MR) is 49.6 cm³/mol. The molecular formula is C11H11F5O2. The van der Waals surface area contributed by atoms with Crippen LogP contribution in [0.1, 0.15) is 6.42 Å². The fourth-order valence-electron chi connectivity index (χ4n) is 3.50. The van der Waals surface area contributed by atoms with Crippen LogP contribution in [0.25, 0.3) is 0 Å². The lowest BCUT2D eigenvalue weighted by atomic mass is 9.74. The summed E-state index contributed by atoms with van der Waals surface area (Å²) < 4.78 is 70.2. The SMILES string of the molecule is OC1(C(F)(F)F)OCC2C3C=CC(C3)C2C1(F)F. The molecule has 0 radical (unpaired) electrons. The summed E-state index contributed by atoms with van der Waals surface area (Å²) >= 11 is 0. The first-order chi connectivity index (χ1) is 8.18. The molecule has 1 N–H and O–H groups in total. The van der Waals surface area contributed by atoms with Gasteiger partial charge >= 0.3 is 17.9 Å². The number of ether oxygens (including phenoxy) is 1. The Balaban J connectivity index is 2.02. The number of halogens is 5. The highest BCUT2D eigenvalue weighted by molar-refractivity contribution is 5.19. The van der Waals surface area contributed by atoms with Gasteiger partial charge in [0.15, 0.2) is 0 Å². The number of rotatable bonds is 0. The van der Waals surface area contributed by atoms with Crippen molar-refractivity contribution in [3.63, 3.8) is 0 Å². The molecule has 5 atom stereocenters. The Morgan fingerprint density at radius 2 is 1.78 bits per heavy atom. The van der Waals surface area contributed by atoms with Crippen molar-refractivity contribution < 1.29 is 31.8 Å². The Morgan fingerprint density at radius 3 is 2.39 bits per heavy atom. The Labute approximate surface area is 99.4 Å². The maximum Gasteiger partial charge on any atom is 0.449 e. The van der Waals surface area contributed by atoms with Gasteiger partial charge in [0.1, 0.15) is 0 Å². The van der Waals surface area contributed by atoms with Gasteiger partial charge in [-0.25, -0.2) is 0 Å². The van der Waals surface area contributed by atoms with E-state index in [1.54, 1.807) is 6.08 Å². The molecule has 1 saturated carbocycles. The third-order valence-corrected chi connectivity index (χ3v) is 4.36. The Morgan fingerprint density at radius 1 is 1.17 bits per heavy atom. The van der Waals surface area contributed by atoms with Gasteiger partial charge in [-0.15, -0.1) is 0 Å². The average Bonchev–Trinajstić information content (AvgIpc) is 2.82. The third-order valence-electron chi connectivity index (χ3n) is 4.36. The molecule has 2 fully saturated rings. The van der Waals surface area contributed by atoms with Crippen molar-refractivity contribution >= 4 is 0 Å². The summed E-state index contributed by atoms with van der Waals surface area (Å²) in [4.78, 5) is 0. The van der Waals surface area contributed by atoms with Crippen LogP contribution in [0, 0.1) is 23.7 Å². The first-order valence-corrected chi connectivity index (χ1v) is 5.67. The summed E-state index contributed by atoms with van der Waals surface area (Å²) in [7, 11) is 0. The summed E-state index contributed by atoms with van der Waals surface area (Å²) in [5.41, 5.74) is 0. The highest BCUT2D eigenvalue weighted by atomic mass is 19.4. The van der Waals surface area contributed by atoms with Crippen molar-refractivity contribution in [2.75, 3.05) is 6.61 Å². The Kier molecular flexibility index (Phi) is 2.23. The second-order valence-electron chi connectivity index (χ2n) is 5.21. The number of fused-ring (bicyclic) bond motifs is 5. The third kappa shape index (κ3) is 1.24. The van der Waals surface area contributed by atoms with E-state index in [4.69, 9.17) is 0 Å². The van der Waals surface area contributed by atoms with Gasteiger partial charge in [-0.1, -0.05) is 12.2 Å². The van der Waals surface area contributed by atoms with Crippen LogP contribution in [0.15, 0.2) is 12.2 Å². The molecule has 1 heterocycles. The zero-order chi connectivity index (χ0) is 13.3. The van der Waals surface area contributed by atoms with E-state index in [2.05, 4.69) is 4.74 Å². The molecule has 5 unspecified atom stereocenters. The zero-order valence-electron chi connectivity index (χ0n) is 9.12. The van der Waals surface area contributed by atoms with E-state index in [-0.39, 0.29) is 5.92 Å². The van der Waals surface area contributed by atoms with Crippen LogP contribution in [0.4, 0.5) is 22.0 Å². The van der Waals surface area contributed by atoms with Gasteiger partial charge < -0.3 is 9.84 Å². The van der Waals surface area contributed by atoms with Gasteiger partial charge in [-0.05, 0) is 24.2 Å². The van der Waals surface area contributed by atoms with E-state index in [1.807, 2.05) is 0 Å². The largest absolute Gasteiger partial charge is 0.449 e. The molecule has 3 rings (SSSR count). The molecule has 7 heteroatoms. The fraction of sp³-hybridized carbons (Fsp3) is 0.818. The Bertz CT molecular complexity index is 405. The summed E-state index contributed by atoms with van der Waals surface area (Å²) in [6.45, 7) is -0.484. The number of allylic oxidation sites excluding steroid dienone is 2. The molecule has 0 amide bonds. The molecular weight excluding hydrogens is 259 g/mol. The normalized spacial score (nSPS) is 49.4. The van der Waals surface area contributed by atoms with Crippen molar-refractivity contribution in [2.24, 2.45) is 23.7 Å². The molecule has 0 aromatic heterocycles. The van der Waals surface area contributed by atoms with E-state index in [1.165, 1.54) is 6.08 Å². The standard InChI is InChI=1S/C11H11F5O2/c12-9(13)8-6-2-1-5(3-6)7(8)4-18-10(9,17)11(14,15)16/h1-2,5-8,17H,3-4H2. The summed E-state index contributed by atoms with van der Waals surface area (Å²) in [5, 5.41) is 9.29. The van der Waals surface area contributed by atoms with Crippen molar-refractivity contribution in [1.82, 2.24) is 0 Å². The molecule has 1 aliphatic heterocycles. The lowest BCUT2D eigenvalue weighted by Crippen LogP contribution is -2.68. The zero-order valence-corrected chi connectivity index (χ0v) is 9.12. The van der Waals surface area contributed by atoms with Gasteiger partial charge in [-0.2, -0.15) is 22.0 Å². The van der Waals surface area contributed by atoms with E-state index in [0.717, 1.165) is 0 Å². The van der Waals surface area contributed by atoms with Gasteiger partial charge in [0, 0.05) is 5.92 Å². The van der Waals surface area contributed by atoms with Gasteiger partial charge in [0.05, 0.1) is 6.61 Å². The fourth-order valence-corrected chi connectivity index (χ4v) is 3.50. The summed E-state index contributed by atoms with van der Waals surface area (Å²) in [5.74, 6) is -11.6. The van der Waals surface area contributed by atoms with E-state index in [9.17, 15) is 27.1 Å². The van der Waals surface area contributed by atoms with Gasteiger partial charge in [0.2, 0.25) is 0 Å². The van der Waals surface area contributed by atoms with E-state index in [0.29, 0.717) is 6.42 Å². The van der Waals surface area contributed by atoms with E-state index >= 15 is 0 Å². The minimum Gasteiger partial charge on any atom is -0.354 e. The van der Waals surface area contributed by atoms with Gasteiger partial charge in [-0.3, -0.25) is 0 Å². The predicted octanol–water partition coefficient (Wildman–Crippen LogP) is 2.34. The summed E-state index contributed by atoms with van der Waals surface area (Å²) in [6.07, 6.45) is -1.81. The van der Waals surface area contributed by atoms with Crippen LogP contribution < -0.4 is 0 Å². The van der Waals surface area contributed by atoms with Crippen LogP contribution in [-0.4, -0.2) is 29.6 Å². The van der Waals surface area contributed by atoms with Crippen LogP contribution in [-0.2, 0) is 4.74 Å². The lowest BCUT2D eigenvalue weighted by Gasteiger charge is -2.48. The molecule has 18 heavy (non-hydrogen) atoms. The first kappa shape index (κ1) is 12.3. The van der Waals surface area contributed by atoms with Crippen molar-refractivity contribution in [1.29, 1.82) is 0 Å². The van der Waals surface area contributed by atoms with Crippen LogP contribution >= 0.6 is 0 Å². The monoisotopic (exact) mass is 270 g/mol. The van der Waals surface area contributed by atoms with Crippen molar-refractivity contribution in [3.05, 3.63) is 12.2 Å². The molecule has 2 aliphatic carbocycles. The van der Waals surface area contributed by atoms with Crippen LogP contribution in [0.5, 0.6) is 0 Å². The molecule has 2 bridgehead atoms. The minimum atomic E-state index is -5.51. The van der Waals surface area contributed by atoms with Crippen molar-refractivity contribution in [2.45, 2.75) is 24.3 Å². The molecule has 1 saturated heterocycles. The molecule has 2 nitrogen and oxygen atoms in total. The molecule has 3 aliphatic rings. The number of aliphatic hydroxyl groups is 1. The topological polar surface area (TPSA) is 29.5 Å². The minimum absolute atomic E-state index is 0.163. The number of alkyl halides is 5. The second-order valence-corrected chi connectivity index (χ2v) is 5.21. The maximum absolute atomic E-state index is 14.0. The first-order valence-electron chi connectivity index (χ1n) is 5.67. The molecule has 0 aromatic rings. The molecule has 0 aromatic carbocycles. The molecule has 102 valence electrons. The highest BCUT2D eigenvalue weighted by Crippen LogP contribution is 2.61. The average molecular weight is 270 g/mol. The maximum atomic E-state index is 14.0. The smallest absolute Gasteiger partial charge is 0.354 e. The van der Waals surface area contributed by atoms with E-state index < -0.39 is 42.2 Å². The summed E-state index contributed by atoms with van der Waals surface area (Å²) in [6, 6.07) is 0. The van der Waals surface area contributed by atoms with Crippen LogP contribution in [0.3, 0.4) is 0 Å². The number of hydrogen-bond donors (Lipinski definition) is 1. The number of hydrogen-bond acceptors (Lipinski definition) is 2. The lowest BCUT2D eigenvalue weighted by molar-refractivity contribution is -0.460. The Hall–Kier alpha value is -0.690. The molecule has 0 spiro atoms. The highest BCUT2D eigenvalue weighted by Gasteiger charge is 2.78. The van der Waals surface area contributed by atoms with Crippen molar-refractivity contribution in [3.8, 4) is 0 Å². The second kappa shape index (κ2) is 3.25. The quantitative estimate of drug-likeness (QED) is 0.541. The van der Waals surface area contributed by atoms with Crippen LogP contribution in [0.2, 0.25) is 0 Å².